The summed E-state index contributed by atoms with van der Waals surface area (Å²) in [6, 6.07) is 13.8. The number of ether oxygens (including phenoxy) is 1. The SMILES string of the molecule is COc1cc(N2CCC(N3CCN(CCO)CC3)CC2)ccc1Nc1ncc(Cl)c(Nc2ccccc2CS(C)(=O)=O)n1. The van der Waals surface area contributed by atoms with Gasteiger partial charge in [-0.3, -0.25) is 9.80 Å². The lowest BCUT2D eigenvalue weighted by molar-refractivity contribution is 0.0747. The third-order valence-corrected chi connectivity index (χ3v) is 9.14. The Hall–Kier alpha value is -3.16. The number of halogens is 1. The molecule has 13 heteroatoms. The number of piperazine rings is 1. The smallest absolute Gasteiger partial charge is 0.229 e. The quantitative estimate of drug-likeness (QED) is 0.287. The summed E-state index contributed by atoms with van der Waals surface area (Å²) in [6.07, 6.45) is 4.93. The number of anilines is 5. The van der Waals surface area contributed by atoms with E-state index >= 15 is 0 Å². The molecule has 2 aliphatic heterocycles. The van der Waals surface area contributed by atoms with Crippen molar-refractivity contribution >= 4 is 50.3 Å². The van der Waals surface area contributed by atoms with Crippen molar-refractivity contribution in [3.63, 3.8) is 0 Å². The predicted molar refractivity (Wildman–Crippen MR) is 172 cm³/mol. The van der Waals surface area contributed by atoms with Crippen LogP contribution in [0.25, 0.3) is 0 Å². The Morgan fingerprint density at radius 1 is 1.02 bits per heavy atom. The van der Waals surface area contributed by atoms with Gasteiger partial charge in [-0.2, -0.15) is 4.98 Å². The van der Waals surface area contributed by atoms with Gasteiger partial charge in [0.2, 0.25) is 5.95 Å². The third kappa shape index (κ3) is 8.27. The molecule has 232 valence electrons. The van der Waals surface area contributed by atoms with Crippen molar-refractivity contribution in [2.75, 3.05) is 81.3 Å². The fraction of sp³-hybridized carbons (Fsp3) is 0.467. The van der Waals surface area contributed by atoms with Gasteiger partial charge in [0.1, 0.15) is 10.8 Å². The van der Waals surface area contributed by atoms with Gasteiger partial charge >= 0.3 is 0 Å². The summed E-state index contributed by atoms with van der Waals surface area (Å²) in [4.78, 5) is 16.2. The molecule has 2 aliphatic rings. The summed E-state index contributed by atoms with van der Waals surface area (Å²) in [7, 11) is -1.59. The Balaban J connectivity index is 1.23. The van der Waals surface area contributed by atoms with Crippen LogP contribution in [0.3, 0.4) is 0 Å². The molecular formula is C30H40ClN7O4S. The van der Waals surface area contributed by atoms with Gasteiger partial charge in [0, 0.05) is 75.6 Å². The lowest BCUT2D eigenvalue weighted by Gasteiger charge is -2.43. The van der Waals surface area contributed by atoms with Crippen molar-refractivity contribution in [3.05, 3.63) is 59.2 Å². The molecule has 3 heterocycles. The summed E-state index contributed by atoms with van der Waals surface area (Å²) in [6.45, 7) is 7.14. The zero-order valence-corrected chi connectivity index (χ0v) is 26.2. The van der Waals surface area contributed by atoms with Crippen molar-refractivity contribution in [3.8, 4) is 5.75 Å². The Morgan fingerprint density at radius 3 is 2.47 bits per heavy atom. The Labute approximate surface area is 258 Å². The molecule has 0 bridgehead atoms. The average molecular weight is 630 g/mol. The Bertz CT molecular complexity index is 1490. The van der Waals surface area contributed by atoms with Crippen molar-refractivity contribution in [2.45, 2.75) is 24.6 Å². The summed E-state index contributed by atoms with van der Waals surface area (Å²) in [5.74, 6) is 1.24. The van der Waals surface area contributed by atoms with Crippen LogP contribution in [0.4, 0.5) is 28.8 Å². The van der Waals surface area contributed by atoms with E-state index < -0.39 is 9.84 Å². The minimum Gasteiger partial charge on any atom is -0.494 e. The summed E-state index contributed by atoms with van der Waals surface area (Å²) in [5, 5.41) is 15.9. The second kappa shape index (κ2) is 14.1. The van der Waals surface area contributed by atoms with Gasteiger partial charge in [0.25, 0.3) is 0 Å². The number of aliphatic hydroxyl groups is 1. The van der Waals surface area contributed by atoms with E-state index in [0.29, 0.717) is 45.5 Å². The van der Waals surface area contributed by atoms with E-state index in [1.807, 2.05) is 18.2 Å². The molecule has 0 unspecified atom stereocenters. The van der Waals surface area contributed by atoms with Crippen molar-refractivity contribution < 1.29 is 18.3 Å². The monoisotopic (exact) mass is 629 g/mol. The molecule has 3 N–H and O–H groups in total. The average Bonchev–Trinajstić information content (AvgIpc) is 3.00. The molecule has 11 nitrogen and oxygen atoms in total. The minimum absolute atomic E-state index is 0.104. The molecule has 2 aromatic carbocycles. The molecule has 3 aromatic rings. The normalized spacial score (nSPS) is 17.2. The largest absolute Gasteiger partial charge is 0.494 e. The van der Waals surface area contributed by atoms with Crippen LogP contribution in [0.15, 0.2) is 48.7 Å². The van der Waals surface area contributed by atoms with E-state index in [1.54, 1.807) is 25.3 Å². The summed E-state index contributed by atoms with van der Waals surface area (Å²) in [5.41, 5.74) is 3.05. The van der Waals surface area contributed by atoms with Gasteiger partial charge < -0.3 is 25.4 Å². The molecule has 5 rings (SSSR count). The van der Waals surface area contributed by atoms with Crippen LogP contribution in [0.2, 0.25) is 5.02 Å². The topological polar surface area (TPSA) is 123 Å². The molecule has 0 radical (unpaired) electrons. The number of aliphatic hydroxyl groups excluding tert-OH is 1. The highest BCUT2D eigenvalue weighted by Gasteiger charge is 2.27. The standard InChI is InChI=1S/C30H40ClN7O4S/c1-42-28-19-24(37-11-9-23(10-12-37)38-15-13-36(14-16-38)17-18-39)7-8-27(28)34-30-32-20-25(31)29(35-30)33-26-6-4-3-5-22(26)21-43(2,40)41/h3-8,19-20,23,39H,9-18,21H2,1-2H3,(H2,32,33,34,35). The number of benzene rings is 2. The molecular weight excluding hydrogens is 590 g/mol. The van der Waals surface area contributed by atoms with Gasteiger partial charge in [-0.25, -0.2) is 13.4 Å². The van der Waals surface area contributed by atoms with E-state index in [-0.39, 0.29) is 12.4 Å². The fourth-order valence-corrected chi connectivity index (χ4v) is 6.73. The number of nitrogens with one attached hydrogen (secondary N) is 2. The number of rotatable bonds is 11. The lowest BCUT2D eigenvalue weighted by Crippen LogP contribution is -2.53. The van der Waals surface area contributed by atoms with Crippen LogP contribution in [-0.4, -0.2) is 105 Å². The van der Waals surface area contributed by atoms with E-state index in [9.17, 15) is 13.5 Å². The van der Waals surface area contributed by atoms with Gasteiger partial charge in [-0.05, 0) is 36.6 Å². The number of sulfone groups is 1. The van der Waals surface area contributed by atoms with Crippen LogP contribution >= 0.6 is 11.6 Å². The number of hydrogen-bond acceptors (Lipinski definition) is 11. The Morgan fingerprint density at radius 2 is 1.77 bits per heavy atom. The first-order chi connectivity index (χ1) is 20.7. The molecule has 0 aliphatic carbocycles. The number of para-hydroxylation sites is 1. The maximum Gasteiger partial charge on any atom is 0.229 e. The van der Waals surface area contributed by atoms with Crippen LogP contribution in [-0.2, 0) is 15.6 Å². The second-order valence-corrected chi connectivity index (χ2v) is 13.6. The number of methoxy groups -OCH3 is 1. The van der Waals surface area contributed by atoms with Crippen LogP contribution in [0.5, 0.6) is 5.75 Å². The maximum atomic E-state index is 11.9. The zero-order chi connectivity index (χ0) is 30.4. The minimum atomic E-state index is -3.23. The first kappa shape index (κ1) is 31.3. The van der Waals surface area contributed by atoms with E-state index in [1.165, 1.54) is 12.5 Å². The van der Waals surface area contributed by atoms with Crippen molar-refractivity contribution in [1.82, 2.24) is 19.8 Å². The Kier molecular flexibility index (Phi) is 10.2. The lowest BCUT2D eigenvalue weighted by atomic mass is 10.0. The molecule has 0 amide bonds. The van der Waals surface area contributed by atoms with Crippen molar-refractivity contribution in [2.24, 2.45) is 0 Å². The van der Waals surface area contributed by atoms with Gasteiger partial charge in [-0.1, -0.05) is 29.8 Å². The summed E-state index contributed by atoms with van der Waals surface area (Å²) < 4.78 is 29.6. The van der Waals surface area contributed by atoms with Crippen LogP contribution in [0.1, 0.15) is 18.4 Å². The highest BCUT2D eigenvalue weighted by molar-refractivity contribution is 7.89. The number of piperidine rings is 1. The number of aromatic nitrogens is 2. The predicted octanol–water partition coefficient (Wildman–Crippen LogP) is 3.75. The van der Waals surface area contributed by atoms with Crippen molar-refractivity contribution in [1.29, 1.82) is 0 Å². The zero-order valence-electron chi connectivity index (χ0n) is 24.7. The summed E-state index contributed by atoms with van der Waals surface area (Å²) >= 11 is 6.40. The fourth-order valence-electron chi connectivity index (χ4n) is 5.78. The van der Waals surface area contributed by atoms with Crippen LogP contribution < -0.4 is 20.3 Å². The number of β-amino-alcohol motifs (C(OH)–C–C–N with tert-alkyl or cyclic N) is 1. The highest BCUT2D eigenvalue weighted by Crippen LogP contribution is 2.34. The van der Waals surface area contributed by atoms with Crippen LogP contribution in [0, 0.1) is 0 Å². The first-order valence-electron chi connectivity index (χ1n) is 14.5. The van der Waals surface area contributed by atoms with Gasteiger partial charge in [0.15, 0.2) is 15.7 Å². The van der Waals surface area contributed by atoms with Gasteiger partial charge in [-0.15, -0.1) is 0 Å². The van der Waals surface area contributed by atoms with E-state index in [0.717, 1.165) is 64.3 Å². The van der Waals surface area contributed by atoms with E-state index in [4.69, 9.17) is 16.3 Å². The highest BCUT2D eigenvalue weighted by atomic mass is 35.5. The van der Waals surface area contributed by atoms with Gasteiger partial charge in [0.05, 0.1) is 31.4 Å². The molecule has 43 heavy (non-hydrogen) atoms. The first-order valence-corrected chi connectivity index (χ1v) is 17.0. The molecule has 2 fully saturated rings. The molecule has 2 saturated heterocycles. The third-order valence-electron chi connectivity index (χ3n) is 8.03. The molecule has 0 atom stereocenters. The molecule has 0 spiro atoms. The molecule has 0 saturated carbocycles. The second-order valence-electron chi connectivity index (χ2n) is 11.1. The molecule has 1 aromatic heterocycles. The number of hydrogen-bond donors (Lipinski definition) is 3. The maximum absolute atomic E-state index is 11.9. The number of nitrogens with zero attached hydrogens (tertiary/aromatic N) is 5. The van der Waals surface area contributed by atoms with E-state index in [2.05, 4.69) is 41.4 Å².